The number of carbonyl (C=O) groups excluding carboxylic acids is 1. The van der Waals surface area contributed by atoms with E-state index in [0.717, 1.165) is 10.3 Å². The van der Waals surface area contributed by atoms with Crippen LogP contribution in [0.1, 0.15) is 16.2 Å². The van der Waals surface area contributed by atoms with Crippen molar-refractivity contribution in [3.63, 3.8) is 0 Å². The average Bonchev–Trinajstić information content (AvgIpc) is 2.78. The summed E-state index contributed by atoms with van der Waals surface area (Å²) in [5, 5.41) is 0. The van der Waals surface area contributed by atoms with Crippen LogP contribution in [-0.2, 0) is 11.3 Å². The van der Waals surface area contributed by atoms with Crippen molar-refractivity contribution in [3.8, 4) is 0 Å². The molecule has 0 aliphatic heterocycles. The van der Waals surface area contributed by atoms with Crippen molar-refractivity contribution in [1.29, 1.82) is 0 Å². The molecule has 1 heterocycles. The maximum absolute atomic E-state index is 11.8. The highest BCUT2D eigenvalue weighted by Crippen LogP contribution is 2.20. The smallest absolute Gasteiger partial charge is 0.338 e. The zero-order valence-electron chi connectivity index (χ0n) is 10.5. The lowest BCUT2D eigenvalue weighted by atomic mass is 10.2. The molecule has 0 radical (unpaired) electrons. The summed E-state index contributed by atoms with van der Waals surface area (Å²) in [5.74, 6) is 0.515. The molecule has 5 nitrogen and oxygen atoms in total. The lowest BCUT2D eigenvalue weighted by Gasteiger charge is -2.07. The molecule has 19 heavy (non-hydrogen) atoms. The van der Waals surface area contributed by atoms with Crippen LogP contribution in [0.15, 0.2) is 35.1 Å². The van der Waals surface area contributed by atoms with Gasteiger partial charge in [-0.3, -0.25) is 0 Å². The summed E-state index contributed by atoms with van der Waals surface area (Å²) in [5.41, 5.74) is 6.68. The van der Waals surface area contributed by atoms with Gasteiger partial charge < -0.3 is 15.0 Å². The molecule has 2 N–H and O–H groups in total. The molecule has 0 unspecified atom stereocenters. The summed E-state index contributed by atoms with van der Waals surface area (Å²) in [6, 6.07) is 4.99. The summed E-state index contributed by atoms with van der Waals surface area (Å²) in [4.78, 5) is 15.9. The number of nitrogens with zero attached hydrogens (tertiary/aromatic N) is 2. The highest BCUT2D eigenvalue weighted by atomic mass is 79.9. The fraction of sp³-hybridized carbons (Fsp3) is 0.231. The average molecular weight is 324 g/mol. The molecule has 0 amide bonds. The number of rotatable bonds is 4. The molecule has 0 bridgehead atoms. The number of hydrogen-bond donors (Lipinski definition) is 1. The van der Waals surface area contributed by atoms with Gasteiger partial charge in [0.25, 0.3) is 0 Å². The number of aromatic nitrogens is 2. The third kappa shape index (κ3) is 3.35. The molecule has 0 atom stereocenters. The minimum Gasteiger partial charge on any atom is -0.460 e. The molecular weight excluding hydrogens is 310 g/mol. The van der Waals surface area contributed by atoms with Gasteiger partial charge in [-0.25, -0.2) is 9.78 Å². The molecule has 0 aliphatic carbocycles. The van der Waals surface area contributed by atoms with Crippen molar-refractivity contribution >= 4 is 27.6 Å². The predicted octanol–water partition coefficient (Wildman–Crippen LogP) is 2.39. The molecule has 100 valence electrons. The summed E-state index contributed by atoms with van der Waals surface area (Å²) >= 11 is 3.28. The second kappa shape index (κ2) is 5.88. The fourth-order valence-corrected chi connectivity index (χ4v) is 1.88. The van der Waals surface area contributed by atoms with E-state index < -0.39 is 0 Å². The van der Waals surface area contributed by atoms with Crippen LogP contribution in [0.4, 0.5) is 5.69 Å². The molecule has 0 aliphatic rings. The Morgan fingerprint density at radius 2 is 2.32 bits per heavy atom. The third-order valence-corrected chi connectivity index (χ3v) is 3.44. The van der Waals surface area contributed by atoms with Crippen LogP contribution in [0, 0.1) is 6.92 Å². The molecule has 0 saturated heterocycles. The van der Waals surface area contributed by atoms with Gasteiger partial charge in [0.1, 0.15) is 12.4 Å². The van der Waals surface area contributed by atoms with E-state index in [1.54, 1.807) is 24.4 Å². The van der Waals surface area contributed by atoms with Gasteiger partial charge in [-0.05, 0) is 41.1 Å². The molecule has 2 aromatic rings. The Morgan fingerprint density at radius 1 is 1.53 bits per heavy atom. The van der Waals surface area contributed by atoms with Gasteiger partial charge in [0, 0.05) is 22.6 Å². The van der Waals surface area contributed by atoms with Gasteiger partial charge in [-0.15, -0.1) is 0 Å². The number of imidazole rings is 1. The van der Waals surface area contributed by atoms with Crippen molar-refractivity contribution < 1.29 is 9.53 Å². The number of ether oxygens (including phenoxy) is 1. The second-order valence-electron chi connectivity index (χ2n) is 4.04. The minimum absolute atomic E-state index is 0.298. The monoisotopic (exact) mass is 323 g/mol. The number of halogens is 1. The van der Waals surface area contributed by atoms with Gasteiger partial charge in [0.15, 0.2) is 0 Å². The number of nitrogen functional groups attached to an aromatic ring is 1. The summed E-state index contributed by atoms with van der Waals surface area (Å²) in [6.45, 7) is 2.78. The van der Waals surface area contributed by atoms with E-state index in [9.17, 15) is 4.79 Å². The third-order valence-electron chi connectivity index (χ3n) is 2.72. The number of carbonyl (C=O) groups is 1. The Bertz CT molecular complexity index is 595. The standard InChI is InChI=1S/C13H14BrN3O2/c1-9-16-4-5-17(9)6-7-19-13(18)10-2-3-11(14)12(15)8-10/h2-5,8H,6-7,15H2,1H3. The van der Waals surface area contributed by atoms with Crippen LogP contribution in [0.5, 0.6) is 0 Å². The second-order valence-corrected chi connectivity index (χ2v) is 4.89. The molecule has 2 rings (SSSR count). The zero-order valence-corrected chi connectivity index (χ0v) is 12.1. The number of benzene rings is 1. The van der Waals surface area contributed by atoms with Crippen LogP contribution in [0.2, 0.25) is 0 Å². The first-order valence-electron chi connectivity index (χ1n) is 5.78. The first kappa shape index (κ1) is 13.6. The van der Waals surface area contributed by atoms with E-state index in [2.05, 4.69) is 20.9 Å². The summed E-state index contributed by atoms with van der Waals surface area (Å²) < 4.78 is 7.87. The van der Waals surface area contributed by atoms with Crippen molar-refractivity contribution in [2.45, 2.75) is 13.5 Å². The molecular formula is C13H14BrN3O2. The lowest BCUT2D eigenvalue weighted by Crippen LogP contribution is -2.12. The Labute approximate surface area is 119 Å². The Hall–Kier alpha value is -1.82. The van der Waals surface area contributed by atoms with Crippen LogP contribution < -0.4 is 5.73 Å². The highest BCUT2D eigenvalue weighted by molar-refractivity contribution is 9.10. The normalized spacial score (nSPS) is 10.4. The van der Waals surface area contributed by atoms with Crippen molar-refractivity contribution in [1.82, 2.24) is 9.55 Å². The molecule has 1 aromatic heterocycles. The minimum atomic E-state index is -0.378. The molecule has 0 spiro atoms. The Balaban J connectivity index is 1.91. The first-order chi connectivity index (χ1) is 9.08. The number of anilines is 1. The summed E-state index contributed by atoms with van der Waals surface area (Å²) in [7, 11) is 0. The number of nitrogens with two attached hydrogens (primary N) is 1. The molecule has 6 heteroatoms. The summed E-state index contributed by atoms with van der Waals surface area (Å²) in [6.07, 6.45) is 3.56. The van der Waals surface area contributed by atoms with Gasteiger partial charge in [0.2, 0.25) is 0 Å². The predicted molar refractivity (Wildman–Crippen MR) is 75.8 cm³/mol. The van der Waals surface area contributed by atoms with Crippen molar-refractivity contribution in [2.24, 2.45) is 0 Å². The zero-order chi connectivity index (χ0) is 13.8. The quantitative estimate of drug-likeness (QED) is 0.692. The number of hydrogen-bond acceptors (Lipinski definition) is 4. The molecule has 0 saturated carbocycles. The first-order valence-corrected chi connectivity index (χ1v) is 6.57. The van der Waals surface area contributed by atoms with Gasteiger partial charge in [0.05, 0.1) is 12.1 Å². The Kier molecular flexibility index (Phi) is 4.21. The SMILES string of the molecule is Cc1nccn1CCOC(=O)c1ccc(Br)c(N)c1. The topological polar surface area (TPSA) is 70.1 Å². The molecule has 0 fully saturated rings. The van der Waals surface area contributed by atoms with Gasteiger partial charge in [-0.2, -0.15) is 0 Å². The van der Waals surface area contributed by atoms with E-state index in [0.29, 0.717) is 24.4 Å². The lowest BCUT2D eigenvalue weighted by molar-refractivity contribution is 0.0490. The van der Waals surface area contributed by atoms with Crippen LogP contribution in [-0.4, -0.2) is 22.1 Å². The van der Waals surface area contributed by atoms with E-state index >= 15 is 0 Å². The Morgan fingerprint density at radius 3 is 2.95 bits per heavy atom. The van der Waals surface area contributed by atoms with Crippen LogP contribution in [0.3, 0.4) is 0 Å². The number of esters is 1. The van der Waals surface area contributed by atoms with Crippen molar-refractivity contribution in [3.05, 3.63) is 46.5 Å². The van der Waals surface area contributed by atoms with Crippen LogP contribution in [0.25, 0.3) is 0 Å². The maximum Gasteiger partial charge on any atom is 0.338 e. The van der Waals surface area contributed by atoms with Crippen molar-refractivity contribution in [2.75, 3.05) is 12.3 Å². The fourth-order valence-electron chi connectivity index (χ4n) is 1.63. The van der Waals surface area contributed by atoms with Crippen LogP contribution >= 0.6 is 15.9 Å². The largest absolute Gasteiger partial charge is 0.460 e. The maximum atomic E-state index is 11.8. The van der Waals surface area contributed by atoms with E-state index in [4.69, 9.17) is 10.5 Å². The van der Waals surface area contributed by atoms with Gasteiger partial charge in [-0.1, -0.05) is 0 Å². The highest BCUT2D eigenvalue weighted by Gasteiger charge is 2.09. The molecule has 1 aromatic carbocycles. The van der Waals surface area contributed by atoms with E-state index in [-0.39, 0.29) is 5.97 Å². The van der Waals surface area contributed by atoms with Gasteiger partial charge >= 0.3 is 5.97 Å². The van der Waals surface area contributed by atoms with E-state index in [1.165, 1.54) is 0 Å². The van der Waals surface area contributed by atoms with E-state index in [1.807, 2.05) is 17.7 Å². The number of aryl methyl sites for hydroxylation is 1.